The van der Waals surface area contributed by atoms with E-state index in [4.69, 9.17) is 9.84 Å². The quantitative estimate of drug-likeness (QED) is 0.864. The number of rotatable bonds is 3. The smallest absolute Gasteiger partial charge is 0.410 e. The molecule has 1 saturated heterocycles. The second-order valence-electron chi connectivity index (χ2n) is 6.57. The molecule has 0 saturated carbocycles. The number of nitrogens with zero attached hydrogens (tertiary/aromatic N) is 1. The van der Waals surface area contributed by atoms with Crippen LogP contribution in [0.15, 0.2) is 0 Å². The lowest BCUT2D eigenvalue weighted by atomic mass is 9.83. The highest BCUT2D eigenvalue weighted by Gasteiger charge is 2.47. The maximum absolute atomic E-state index is 13.1. The molecular weight excluding hydrogens is 303 g/mol. The van der Waals surface area contributed by atoms with Crippen molar-refractivity contribution in [3.8, 4) is 0 Å². The topological polar surface area (TPSA) is 66.8 Å². The van der Waals surface area contributed by atoms with E-state index >= 15 is 0 Å². The molecular formula is C14H22F3NO4. The molecule has 1 N–H and O–H groups in total. The fourth-order valence-corrected chi connectivity index (χ4v) is 2.57. The van der Waals surface area contributed by atoms with Crippen LogP contribution in [0.2, 0.25) is 0 Å². The highest BCUT2D eigenvalue weighted by atomic mass is 19.4. The number of alkyl halides is 3. The SMILES string of the molecule is CC(C)(C)OC(=O)N1CCCC(C(CC(=O)O)C(F)(F)F)C1. The summed E-state index contributed by atoms with van der Waals surface area (Å²) in [5.74, 6) is -4.36. The second-order valence-corrected chi connectivity index (χ2v) is 6.57. The minimum atomic E-state index is -4.60. The van der Waals surface area contributed by atoms with E-state index in [1.807, 2.05) is 0 Å². The van der Waals surface area contributed by atoms with Gasteiger partial charge in [0.1, 0.15) is 5.60 Å². The number of carbonyl (C=O) groups is 2. The average Bonchev–Trinajstić information content (AvgIpc) is 2.32. The Bertz CT molecular complexity index is 417. The van der Waals surface area contributed by atoms with Crippen LogP contribution in [0.4, 0.5) is 18.0 Å². The minimum Gasteiger partial charge on any atom is -0.481 e. The Balaban J connectivity index is 2.79. The van der Waals surface area contributed by atoms with Gasteiger partial charge in [0.25, 0.3) is 0 Å². The number of amides is 1. The summed E-state index contributed by atoms with van der Waals surface area (Å²) in [5.41, 5.74) is -0.728. The molecule has 22 heavy (non-hydrogen) atoms. The zero-order chi connectivity index (χ0) is 17.1. The number of carbonyl (C=O) groups excluding carboxylic acids is 1. The van der Waals surface area contributed by atoms with E-state index in [0.717, 1.165) is 0 Å². The first-order valence-corrected chi connectivity index (χ1v) is 7.16. The molecule has 0 aliphatic carbocycles. The highest BCUT2D eigenvalue weighted by molar-refractivity contribution is 5.68. The molecule has 1 aliphatic rings. The Morgan fingerprint density at radius 3 is 2.36 bits per heavy atom. The lowest BCUT2D eigenvalue weighted by Crippen LogP contribution is -2.47. The van der Waals surface area contributed by atoms with Crippen molar-refractivity contribution < 1.29 is 32.6 Å². The summed E-state index contributed by atoms with van der Waals surface area (Å²) < 4.78 is 44.4. The Morgan fingerprint density at radius 1 is 1.32 bits per heavy atom. The molecule has 1 amide bonds. The summed E-state index contributed by atoms with van der Waals surface area (Å²) in [6, 6.07) is 0. The summed E-state index contributed by atoms with van der Waals surface area (Å²) in [6.07, 6.45) is -5.59. The van der Waals surface area contributed by atoms with Crippen molar-refractivity contribution in [1.82, 2.24) is 4.90 Å². The number of ether oxygens (including phenoxy) is 1. The van der Waals surface area contributed by atoms with Gasteiger partial charge < -0.3 is 14.7 Å². The zero-order valence-corrected chi connectivity index (χ0v) is 12.9. The number of carboxylic acid groups (broad SMARTS) is 1. The summed E-state index contributed by atoms with van der Waals surface area (Å²) in [4.78, 5) is 23.9. The molecule has 128 valence electrons. The lowest BCUT2D eigenvalue weighted by molar-refractivity contribution is -0.199. The van der Waals surface area contributed by atoms with Crippen LogP contribution in [0.5, 0.6) is 0 Å². The zero-order valence-electron chi connectivity index (χ0n) is 12.9. The maximum atomic E-state index is 13.1. The maximum Gasteiger partial charge on any atom is 0.410 e. The summed E-state index contributed by atoms with van der Waals surface area (Å²) in [5, 5.41) is 8.70. The van der Waals surface area contributed by atoms with Gasteiger partial charge in [-0.1, -0.05) is 0 Å². The average molecular weight is 325 g/mol. The molecule has 1 rings (SSSR count). The standard InChI is InChI=1S/C14H22F3NO4/c1-13(2,3)22-12(21)18-6-4-5-9(8-18)10(7-11(19)20)14(15,16)17/h9-10H,4-8H2,1-3H3,(H,19,20). The van der Waals surface area contributed by atoms with Gasteiger partial charge in [0.05, 0.1) is 12.3 Å². The number of aliphatic carboxylic acids is 1. The van der Waals surface area contributed by atoms with E-state index in [2.05, 4.69) is 0 Å². The second kappa shape index (κ2) is 6.75. The van der Waals surface area contributed by atoms with Crippen LogP contribution >= 0.6 is 0 Å². The van der Waals surface area contributed by atoms with Crippen molar-refractivity contribution in [2.75, 3.05) is 13.1 Å². The first-order valence-electron chi connectivity index (χ1n) is 7.16. The Kier molecular flexibility index (Phi) is 5.70. The molecule has 1 heterocycles. The van der Waals surface area contributed by atoms with Crippen LogP contribution in [0.3, 0.4) is 0 Å². The van der Waals surface area contributed by atoms with Crippen LogP contribution < -0.4 is 0 Å². The van der Waals surface area contributed by atoms with E-state index in [9.17, 15) is 22.8 Å². The van der Waals surface area contributed by atoms with Crippen LogP contribution in [0.25, 0.3) is 0 Å². The van der Waals surface area contributed by atoms with Gasteiger partial charge in [0.15, 0.2) is 0 Å². The first-order chi connectivity index (χ1) is 9.90. The number of carboxylic acids is 1. The Morgan fingerprint density at radius 2 is 1.91 bits per heavy atom. The van der Waals surface area contributed by atoms with Crippen molar-refractivity contribution in [1.29, 1.82) is 0 Å². The van der Waals surface area contributed by atoms with Crippen LogP contribution in [-0.4, -0.2) is 46.9 Å². The Labute approximate surface area is 127 Å². The van der Waals surface area contributed by atoms with Gasteiger partial charge in [-0.2, -0.15) is 13.2 Å². The van der Waals surface area contributed by atoms with Crippen LogP contribution in [-0.2, 0) is 9.53 Å². The predicted molar refractivity (Wildman–Crippen MR) is 72.3 cm³/mol. The van der Waals surface area contributed by atoms with E-state index in [1.165, 1.54) is 4.90 Å². The van der Waals surface area contributed by atoms with Gasteiger partial charge in [-0.15, -0.1) is 0 Å². The summed E-state index contributed by atoms with van der Waals surface area (Å²) >= 11 is 0. The highest BCUT2D eigenvalue weighted by Crippen LogP contribution is 2.38. The molecule has 0 radical (unpaired) electrons. The monoisotopic (exact) mass is 325 g/mol. The summed E-state index contributed by atoms with van der Waals surface area (Å²) in [7, 11) is 0. The minimum absolute atomic E-state index is 0.133. The van der Waals surface area contributed by atoms with Crippen molar-refractivity contribution in [2.24, 2.45) is 11.8 Å². The molecule has 0 aromatic heterocycles. The van der Waals surface area contributed by atoms with Gasteiger partial charge in [0.2, 0.25) is 0 Å². The molecule has 0 bridgehead atoms. The molecule has 5 nitrogen and oxygen atoms in total. The molecule has 0 aromatic carbocycles. The predicted octanol–water partition coefficient (Wildman–Crippen LogP) is 3.29. The Hall–Kier alpha value is -1.47. The van der Waals surface area contributed by atoms with E-state index in [0.29, 0.717) is 13.0 Å². The van der Waals surface area contributed by atoms with Crippen LogP contribution in [0.1, 0.15) is 40.0 Å². The molecule has 1 fully saturated rings. The molecule has 1 aliphatic heterocycles. The van der Waals surface area contributed by atoms with Gasteiger partial charge in [0, 0.05) is 13.1 Å². The van der Waals surface area contributed by atoms with Gasteiger partial charge in [-0.25, -0.2) is 4.79 Å². The van der Waals surface area contributed by atoms with Crippen LogP contribution in [0, 0.1) is 11.8 Å². The number of hydrogen-bond acceptors (Lipinski definition) is 3. The summed E-state index contributed by atoms with van der Waals surface area (Å²) in [6.45, 7) is 5.22. The van der Waals surface area contributed by atoms with E-state index < -0.39 is 42.1 Å². The number of hydrogen-bond donors (Lipinski definition) is 1. The van der Waals surface area contributed by atoms with Crippen molar-refractivity contribution >= 4 is 12.1 Å². The van der Waals surface area contributed by atoms with Gasteiger partial charge in [-0.3, -0.25) is 4.79 Å². The van der Waals surface area contributed by atoms with Crippen molar-refractivity contribution in [2.45, 2.75) is 51.8 Å². The number of piperidine rings is 1. The normalized spacial score (nSPS) is 21.4. The molecule has 0 aromatic rings. The van der Waals surface area contributed by atoms with E-state index in [-0.39, 0.29) is 13.0 Å². The molecule has 8 heteroatoms. The fraction of sp³-hybridized carbons (Fsp3) is 0.857. The largest absolute Gasteiger partial charge is 0.481 e. The fourth-order valence-electron chi connectivity index (χ4n) is 2.57. The van der Waals surface area contributed by atoms with Gasteiger partial charge >= 0.3 is 18.2 Å². The molecule has 0 spiro atoms. The van der Waals surface area contributed by atoms with E-state index in [1.54, 1.807) is 20.8 Å². The molecule has 2 atom stereocenters. The third-order valence-corrected chi connectivity index (χ3v) is 3.49. The van der Waals surface area contributed by atoms with Crippen molar-refractivity contribution in [3.63, 3.8) is 0 Å². The first kappa shape index (κ1) is 18.6. The number of halogens is 3. The van der Waals surface area contributed by atoms with Gasteiger partial charge in [-0.05, 0) is 39.5 Å². The van der Waals surface area contributed by atoms with Crippen molar-refractivity contribution in [3.05, 3.63) is 0 Å². The lowest BCUT2D eigenvalue weighted by Gasteiger charge is -2.37. The third kappa shape index (κ3) is 5.73. The number of likely N-dealkylation sites (tertiary alicyclic amines) is 1. The third-order valence-electron chi connectivity index (χ3n) is 3.49. The molecule has 2 unspecified atom stereocenters.